The van der Waals surface area contributed by atoms with Crippen LogP contribution in [0.15, 0.2) is 31.0 Å². The Labute approximate surface area is 101 Å². The number of nitrogen functional groups attached to an aromatic ring is 1. The molecule has 1 saturated carbocycles. The van der Waals surface area contributed by atoms with Crippen LogP contribution in [-0.2, 0) is 0 Å². The van der Waals surface area contributed by atoms with Crippen molar-refractivity contribution in [2.24, 2.45) is 5.92 Å². The molecule has 0 aromatic carbocycles. The summed E-state index contributed by atoms with van der Waals surface area (Å²) in [6.07, 6.45) is 9.75. The first kappa shape index (κ1) is 10.3. The Morgan fingerprint density at radius 1 is 1.29 bits per heavy atom. The Morgan fingerprint density at radius 3 is 2.82 bits per heavy atom. The van der Waals surface area contributed by atoms with Crippen LogP contribution < -0.4 is 5.73 Å². The molecule has 1 aliphatic carbocycles. The first-order chi connectivity index (χ1) is 8.25. The molecule has 0 atom stereocenters. The number of hydrogen-bond donors (Lipinski definition) is 1. The maximum atomic E-state index is 5.99. The second-order valence-corrected chi connectivity index (χ2v) is 4.88. The van der Waals surface area contributed by atoms with Gasteiger partial charge in [-0.15, -0.1) is 0 Å². The molecule has 88 valence electrons. The summed E-state index contributed by atoms with van der Waals surface area (Å²) in [6, 6.07) is 2.40. The molecule has 4 heteroatoms. The molecular weight excluding hydrogens is 212 g/mol. The van der Waals surface area contributed by atoms with Crippen molar-refractivity contribution >= 4 is 5.69 Å². The van der Waals surface area contributed by atoms with Crippen molar-refractivity contribution in [3.63, 3.8) is 0 Å². The second-order valence-electron chi connectivity index (χ2n) is 4.88. The molecule has 3 rings (SSSR count). The summed E-state index contributed by atoms with van der Waals surface area (Å²) in [5, 5.41) is 0. The molecule has 1 fully saturated rings. The molecule has 2 aromatic heterocycles. The van der Waals surface area contributed by atoms with Crippen LogP contribution in [0.2, 0.25) is 0 Å². The van der Waals surface area contributed by atoms with Gasteiger partial charge in [0.05, 0.1) is 18.2 Å². The predicted octanol–water partition coefficient (Wildman–Crippen LogP) is 2.50. The molecule has 0 aliphatic heterocycles. The van der Waals surface area contributed by atoms with E-state index in [1.807, 2.05) is 24.8 Å². The Kier molecular flexibility index (Phi) is 2.35. The molecular formula is C13H16N4. The Bertz CT molecular complexity index is 526. The van der Waals surface area contributed by atoms with Gasteiger partial charge in [-0.05, 0) is 24.8 Å². The highest BCUT2D eigenvalue weighted by molar-refractivity contribution is 5.72. The lowest BCUT2D eigenvalue weighted by atomic mass is 9.81. The Hall–Kier alpha value is -1.84. The van der Waals surface area contributed by atoms with Crippen LogP contribution in [0.1, 0.15) is 25.8 Å². The van der Waals surface area contributed by atoms with Crippen LogP contribution in [0.4, 0.5) is 5.69 Å². The predicted molar refractivity (Wildman–Crippen MR) is 67.3 cm³/mol. The third kappa shape index (κ3) is 1.69. The highest BCUT2D eigenvalue weighted by atomic mass is 15.1. The number of anilines is 1. The van der Waals surface area contributed by atoms with Gasteiger partial charge in [0.1, 0.15) is 0 Å². The van der Waals surface area contributed by atoms with Gasteiger partial charge in [-0.1, -0.05) is 6.92 Å². The van der Waals surface area contributed by atoms with Crippen LogP contribution in [0.5, 0.6) is 0 Å². The van der Waals surface area contributed by atoms with Crippen molar-refractivity contribution in [1.29, 1.82) is 0 Å². The fourth-order valence-electron chi connectivity index (χ4n) is 2.51. The molecule has 0 amide bonds. The number of pyridine rings is 1. The van der Waals surface area contributed by atoms with E-state index in [4.69, 9.17) is 5.73 Å². The van der Waals surface area contributed by atoms with Gasteiger partial charge in [0.2, 0.25) is 0 Å². The maximum absolute atomic E-state index is 5.99. The second kappa shape index (κ2) is 3.87. The normalized spacial score (nSPS) is 23.4. The Morgan fingerprint density at radius 2 is 2.12 bits per heavy atom. The molecule has 0 spiro atoms. The zero-order valence-corrected chi connectivity index (χ0v) is 9.87. The summed E-state index contributed by atoms with van der Waals surface area (Å²) < 4.78 is 2.23. The van der Waals surface area contributed by atoms with E-state index in [2.05, 4.69) is 21.5 Å². The van der Waals surface area contributed by atoms with Crippen LogP contribution in [0.25, 0.3) is 11.3 Å². The van der Waals surface area contributed by atoms with E-state index >= 15 is 0 Å². The summed E-state index contributed by atoms with van der Waals surface area (Å²) in [5.74, 6) is 0.821. The third-order valence-corrected chi connectivity index (χ3v) is 3.54. The lowest BCUT2D eigenvalue weighted by molar-refractivity contribution is 0.217. The van der Waals surface area contributed by atoms with E-state index in [-0.39, 0.29) is 0 Å². The monoisotopic (exact) mass is 228 g/mol. The number of nitrogens with two attached hydrogens (primary N) is 1. The molecule has 2 N–H and O–H groups in total. The fourth-order valence-corrected chi connectivity index (χ4v) is 2.51. The summed E-state index contributed by atoms with van der Waals surface area (Å²) in [6.45, 7) is 2.28. The summed E-state index contributed by atoms with van der Waals surface area (Å²) in [5.41, 5.74) is 8.80. The number of nitrogens with zero attached hydrogens (tertiary/aromatic N) is 3. The van der Waals surface area contributed by atoms with E-state index in [1.165, 1.54) is 12.8 Å². The van der Waals surface area contributed by atoms with Gasteiger partial charge in [0.15, 0.2) is 0 Å². The van der Waals surface area contributed by atoms with Crippen molar-refractivity contribution in [1.82, 2.24) is 14.5 Å². The van der Waals surface area contributed by atoms with Gasteiger partial charge in [0, 0.05) is 29.7 Å². The topological polar surface area (TPSA) is 56.7 Å². The molecule has 0 saturated heterocycles. The van der Waals surface area contributed by atoms with E-state index < -0.39 is 0 Å². The summed E-state index contributed by atoms with van der Waals surface area (Å²) in [4.78, 5) is 8.39. The molecule has 0 unspecified atom stereocenters. The van der Waals surface area contributed by atoms with Crippen molar-refractivity contribution in [2.45, 2.75) is 25.8 Å². The van der Waals surface area contributed by atoms with E-state index in [9.17, 15) is 0 Å². The molecule has 1 aliphatic rings. The fraction of sp³-hybridized carbons (Fsp3) is 0.385. The quantitative estimate of drug-likeness (QED) is 0.859. The van der Waals surface area contributed by atoms with Crippen molar-refractivity contribution in [3.8, 4) is 11.3 Å². The molecule has 4 nitrogen and oxygen atoms in total. The van der Waals surface area contributed by atoms with Crippen LogP contribution in [0, 0.1) is 5.92 Å². The Balaban J connectivity index is 1.99. The molecule has 0 bridgehead atoms. The first-order valence-electron chi connectivity index (χ1n) is 5.97. The zero-order valence-electron chi connectivity index (χ0n) is 9.87. The van der Waals surface area contributed by atoms with Crippen LogP contribution >= 0.6 is 0 Å². The molecule has 2 heterocycles. The van der Waals surface area contributed by atoms with Crippen LogP contribution in [0.3, 0.4) is 0 Å². The minimum Gasteiger partial charge on any atom is -0.398 e. The molecule has 17 heavy (non-hydrogen) atoms. The lowest BCUT2D eigenvalue weighted by Crippen LogP contribution is -2.24. The van der Waals surface area contributed by atoms with Gasteiger partial charge in [-0.25, -0.2) is 4.98 Å². The standard InChI is InChI=1S/C13H16N4/c1-9-4-10(5-9)17-8-16-7-13(17)11-6-15-3-2-12(11)14/h2-3,6-10H,4-5H2,1H3,(H2,14,15). The van der Waals surface area contributed by atoms with E-state index in [1.54, 1.807) is 6.20 Å². The van der Waals surface area contributed by atoms with Crippen molar-refractivity contribution in [2.75, 3.05) is 5.73 Å². The van der Waals surface area contributed by atoms with Crippen molar-refractivity contribution < 1.29 is 0 Å². The highest BCUT2D eigenvalue weighted by Gasteiger charge is 2.28. The minimum absolute atomic E-state index is 0.571. The van der Waals surface area contributed by atoms with Crippen LogP contribution in [-0.4, -0.2) is 14.5 Å². The first-order valence-corrected chi connectivity index (χ1v) is 5.97. The third-order valence-electron chi connectivity index (χ3n) is 3.54. The highest BCUT2D eigenvalue weighted by Crippen LogP contribution is 2.40. The smallest absolute Gasteiger partial charge is 0.0953 e. The van der Waals surface area contributed by atoms with Crippen molar-refractivity contribution in [3.05, 3.63) is 31.0 Å². The summed E-state index contributed by atoms with van der Waals surface area (Å²) in [7, 11) is 0. The molecule has 0 radical (unpaired) electrons. The molecule has 2 aromatic rings. The maximum Gasteiger partial charge on any atom is 0.0953 e. The van der Waals surface area contributed by atoms with Gasteiger partial charge >= 0.3 is 0 Å². The van der Waals surface area contributed by atoms with Gasteiger partial charge < -0.3 is 10.3 Å². The van der Waals surface area contributed by atoms with E-state index in [0.717, 1.165) is 22.9 Å². The van der Waals surface area contributed by atoms with E-state index in [0.29, 0.717) is 6.04 Å². The average Bonchev–Trinajstić information content (AvgIpc) is 2.74. The van der Waals surface area contributed by atoms with Gasteiger partial charge in [-0.2, -0.15) is 0 Å². The van der Waals surface area contributed by atoms with Gasteiger partial charge in [0.25, 0.3) is 0 Å². The number of rotatable bonds is 2. The van der Waals surface area contributed by atoms with Gasteiger partial charge in [-0.3, -0.25) is 4.98 Å². The lowest BCUT2D eigenvalue weighted by Gasteiger charge is -2.34. The largest absolute Gasteiger partial charge is 0.398 e. The SMILES string of the molecule is CC1CC(n2cncc2-c2cnccc2N)C1. The zero-order chi connectivity index (χ0) is 11.8. The summed E-state index contributed by atoms with van der Waals surface area (Å²) >= 11 is 0. The average molecular weight is 228 g/mol. The number of imidazole rings is 1. The minimum atomic E-state index is 0.571. The number of hydrogen-bond acceptors (Lipinski definition) is 3. The number of aromatic nitrogens is 3.